The molecule has 1 aliphatic carbocycles. The number of anilines is 1. The van der Waals surface area contributed by atoms with Crippen LogP contribution < -0.4 is 20.7 Å². The molecule has 1 saturated carbocycles. The smallest absolute Gasteiger partial charge is 0.344 e. The lowest BCUT2D eigenvalue weighted by atomic mass is 9.95. The van der Waals surface area contributed by atoms with Crippen LogP contribution in [0.5, 0.6) is 5.88 Å². The fourth-order valence-electron chi connectivity index (χ4n) is 3.64. The maximum atomic E-state index is 14.0. The van der Waals surface area contributed by atoms with Gasteiger partial charge in [-0.3, -0.25) is 5.32 Å². The first-order chi connectivity index (χ1) is 15.9. The highest BCUT2D eigenvalue weighted by atomic mass is 32.1. The molecule has 0 unspecified atom stereocenters. The molecule has 1 aliphatic rings. The molecule has 0 bridgehead atoms. The minimum Gasteiger partial charge on any atom is -0.477 e. The fourth-order valence-corrected chi connectivity index (χ4v) is 4.36. The monoisotopic (exact) mass is 482 g/mol. The third-order valence-corrected chi connectivity index (χ3v) is 6.24. The van der Waals surface area contributed by atoms with Crippen molar-refractivity contribution in [1.29, 1.82) is 0 Å². The Labute approximate surface area is 194 Å². The van der Waals surface area contributed by atoms with Crippen LogP contribution in [0.3, 0.4) is 0 Å². The number of amides is 2. The van der Waals surface area contributed by atoms with Gasteiger partial charge in [-0.25, -0.2) is 18.4 Å². The van der Waals surface area contributed by atoms with E-state index in [-0.39, 0.29) is 27.6 Å². The number of benzene rings is 1. The topological polar surface area (TPSA) is 113 Å². The fraction of sp³-hybridized carbons (Fsp3) is 0.500. The summed E-state index contributed by atoms with van der Waals surface area (Å²) >= 11 is 0.732. The first-order valence-corrected chi connectivity index (χ1v) is 11.7. The van der Waals surface area contributed by atoms with Gasteiger partial charge in [0, 0.05) is 18.2 Å². The van der Waals surface area contributed by atoms with Crippen molar-refractivity contribution >= 4 is 28.5 Å². The Hall–Kier alpha value is -2.79. The van der Waals surface area contributed by atoms with E-state index in [2.05, 4.69) is 20.3 Å². The number of nitrogens with zero attached hydrogens (tertiary/aromatic N) is 1. The number of nitrogens with one attached hydrogen (secondary N) is 3. The van der Waals surface area contributed by atoms with Gasteiger partial charge in [0.25, 0.3) is 0 Å². The van der Waals surface area contributed by atoms with Gasteiger partial charge in [0.2, 0.25) is 5.88 Å². The van der Waals surface area contributed by atoms with E-state index >= 15 is 0 Å². The van der Waals surface area contributed by atoms with Crippen LogP contribution in [0.15, 0.2) is 12.1 Å². The van der Waals surface area contributed by atoms with Gasteiger partial charge in [0.1, 0.15) is 11.6 Å². The zero-order valence-electron chi connectivity index (χ0n) is 18.4. The standard InChI is InChI=1S/C22H28F2N4O4S/c1-13-8-9-14(18(24)17(13)23)12-32-19-16(21(29)30)20(33-28-19)27-22(31)26-11-5-10-25-15-6-3-2-4-7-15/h8-9,15,25H,2-7,10-12H2,1H3,(H,29,30)(H2,26,27,31). The number of carboxylic acid groups (broad SMARTS) is 1. The molecule has 0 saturated heterocycles. The van der Waals surface area contributed by atoms with E-state index in [0.29, 0.717) is 12.6 Å². The van der Waals surface area contributed by atoms with Crippen molar-refractivity contribution in [2.45, 2.75) is 58.1 Å². The van der Waals surface area contributed by atoms with Crippen LogP contribution >= 0.6 is 11.5 Å². The minimum absolute atomic E-state index is 0.00844. The van der Waals surface area contributed by atoms with E-state index in [1.54, 1.807) is 0 Å². The van der Waals surface area contributed by atoms with Crippen LogP contribution in [0.2, 0.25) is 0 Å². The number of aromatic nitrogens is 1. The number of hydrogen-bond acceptors (Lipinski definition) is 6. The first kappa shape index (κ1) is 24.8. The van der Waals surface area contributed by atoms with Crippen LogP contribution in [0.1, 0.15) is 60.0 Å². The summed E-state index contributed by atoms with van der Waals surface area (Å²) in [6.45, 7) is 2.24. The molecular formula is C22H28F2N4O4S. The summed E-state index contributed by atoms with van der Waals surface area (Å²) in [5, 5.41) is 18.2. The summed E-state index contributed by atoms with van der Waals surface area (Å²) in [6.07, 6.45) is 6.92. The summed E-state index contributed by atoms with van der Waals surface area (Å²) in [5.41, 5.74) is -0.267. The van der Waals surface area contributed by atoms with Crippen LogP contribution in [0, 0.1) is 18.6 Å². The second kappa shape index (κ2) is 11.9. The van der Waals surface area contributed by atoms with Crippen molar-refractivity contribution in [2.75, 3.05) is 18.4 Å². The lowest BCUT2D eigenvalue weighted by molar-refractivity contribution is 0.0693. The number of aromatic carboxylic acids is 1. The third kappa shape index (κ3) is 6.84. The summed E-state index contributed by atoms with van der Waals surface area (Å²) < 4.78 is 37.0. The molecule has 1 heterocycles. The summed E-state index contributed by atoms with van der Waals surface area (Å²) in [5.74, 6) is -3.68. The molecule has 11 heteroatoms. The Morgan fingerprint density at radius 2 is 1.94 bits per heavy atom. The Morgan fingerprint density at radius 3 is 2.67 bits per heavy atom. The maximum Gasteiger partial charge on any atom is 0.344 e. The number of urea groups is 1. The molecule has 4 N–H and O–H groups in total. The Bertz CT molecular complexity index is 980. The predicted octanol–water partition coefficient (Wildman–Crippen LogP) is 4.44. The normalized spacial score (nSPS) is 14.2. The molecule has 0 radical (unpaired) electrons. The van der Waals surface area contributed by atoms with E-state index in [0.717, 1.165) is 24.5 Å². The Balaban J connectivity index is 1.49. The van der Waals surface area contributed by atoms with Gasteiger partial charge >= 0.3 is 12.0 Å². The van der Waals surface area contributed by atoms with Gasteiger partial charge in [0.15, 0.2) is 17.2 Å². The van der Waals surface area contributed by atoms with E-state index in [4.69, 9.17) is 4.74 Å². The number of carbonyl (C=O) groups excluding carboxylic acids is 1. The molecule has 1 fully saturated rings. The van der Waals surface area contributed by atoms with Crippen molar-refractivity contribution < 1.29 is 28.2 Å². The molecule has 3 rings (SSSR count). The molecule has 0 spiro atoms. The Kier molecular flexibility index (Phi) is 8.95. The van der Waals surface area contributed by atoms with E-state index in [1.165, 1.54) is 51.2 Å². The van der Waals surface area contributed by atoms with Gasteiger partial charge < -0.3 is 20.5 Å². The molecule has 33 heavy (non-hydrogen) atoms. The van der Waals surface area contributed by atoms with Crippen molar-refractivity contribution in [3.8, 4) is 5.88 Å². The first-order valence-electron chi connectivity index (χ1n) is 10.9. The number of rotatable bonds is 10. The minimum atomic E-state index is -1.36. The molecule has 2 amide bonds. The maximum absolute atomic E-state index is 14.0. The highest BCUT2D eigenvalue weighted by Gasteiger charge is 2.24. The highest BCUT2D eigenvalue weighted by Crippen LogP contribution is 2.31. The van der Waals surface area contributed by atoms with Gasteiger partial charge in [-0.1, -0.05) is 31.4 Å². The van der Waals surface area contributed by atoms with Crippen molar-refractivity contribution in [3.05, 3.63) is 40.5 Å². The van der Waals surface area contributed by atoms with Crippen LogP contribution in [-0.2, 0) is 6.61 Å². The number of carboxylic acids is 1. The number of halogens is 2. The van der Waals surface area contributed by atoms with Crippen LogP contribution in [-0.4, -0.2) is 40.6 Å². The van der Waals surface area contributed by atoms with Gasteiger partial charge in [-0.15, -0.1) is 0 Å². The largest absolute Gasteiger partial charge is 0.477 e. The molecule has 0 atom stereocenters. The van der Waals surface area contributed by atoms with Crippen molar-refractivity contribution in [3.63, 3.8) is 0 Å². The lowest BCUT2D eigenvalue weighted by Gasteiger charge is -2.22. The molecule has 1 aromatic heterocycles. The second-order valence-corrected chi connectivity index (χ2v) is 8.75. The second-order valence-electron chi connectivity index (χ2n) is 7.98. The number of carbonyl (C=O) groups is 2. The molecular weight excluding hydrogens is 454 g/mol. The quantitative estimate of drug-likeness (QED) is 0.373. The summed E-state index contributed by atoms with van der Waals surface area (Å²) in [4.78, 5) is 23.9. The average Bonchev–Trinajstić information content (AvgIpc) is 3.20. The molecule has 2 aromatic rings. The Morgan fingerprint density at radius 1 is 1.18 bits per heavy atom. The van der Waals surface area contributed by atoms with Crippen LogP contribution in [0.25, 0.3) is 0 Å². The predicted molar refractivity (Wildman–Crippen MR) is 121 cm³/mol. The van der Waals surface area contributed by atoms with Crippen molar-refractivity contribution in [1.82, 2.24) is 15.0 Å². The van der Waals surface area contributed by atoms with Crippen molar-refractivity contribution in [2.24, 2.45) is 0 Å². The number of aryl methyl sites for hydroxylation is 1. The SMILES string of the molecule is Cc1ccc(COc2nsc(NC(=O)NCCCNC3CCCCC3)c2C(=O)O)c(F)c1F. The molecule has 0 aliphatic heterocycles. The zero-order valence-corrected chi connectivity index (χ0v) is 19.2. The van der Waals surface area contributed by atoms with E-state index in [9.17, 15) is 23.5 Å². The lowest BCUT2D eigenvalue weighted by Crippen LogP contribution is -2.35. The molecule has 180 valence electrons. The highest BCUT2D eigenvalue weighted by molar-refractivity contribution is 7.11. The van der Waals surface area contributed by atoms with Gasteiger partial charge in [-0.05, 0) is 49.8 Å². The summed E-state index contributed by atoms with van der Waals surface area (Å²) in [6, 6.07) is 2.75. The number of hydrogen-bond donors (Lipinski definition) is 4. The summed E-state index contributed by atoms with van der Waals surface area (Å²) in [7, 11) is 0. The van der Waals surface area contributed by atoms with E-state index < -0.39 is 30.2 Å². The van der Waals surface area contributed by atoms with Crippen LogP contribution in [0.4, 0.5) is 18.6 Å². The zero-order chi connectivity index (χ0) is 23.8. The van der Waals surface area contributed by atoms with E-state index in [1.807, 2.05) is 0 Å². The van der Waals surface area contributed by atoms with Gasteiger partial charge in [0.05, 0.1) is 0 Å². The molecule has 1 aromatic carbocycles. The number of ether oxygens (including phenoxy) is 1. The van der Waals surface area contributed by atoms with Gasteiger partial charge in [-0.2, -0.15) is 4.37 Å². The average molecular weight is 483 g/mol. The third-order valence-electron chi connectivity index (χ3n) is 5.50. The molecule has 8 nitrogen and oxygen atoms in total.